The third-order valence-electron chi connectivity index (χ3n) is 7.46. The summed E-state index contributed by atoms with van der Waals surface area (Å²) in [6.45, 7) is 0. The van der Waals surface area contributed by atoms with Gasteiger partial charge in [-0.1, -0.05) is 60.1 Å². The number of carbonyl (C=O) groups excluding carboxylic acids is 2. The highest BCUT2D eigenvalue weighted by Gasteiger charge is 2.36. The van der Waals surface area contributed by atoms with Crippen molar-refractivity contribution in [2.75, 3.05) is 4.90 Å². The molecule has 38 heavy (non-hydrogen) atoms. The SMILES string of the molecule is [B]c1ccc2[nH]cc(-c3nc4c5ccccc5c5ccc(N6C(=O)c7ccccc7C6=O)cc5c4[nH]3)c2c1. The summed E-state index contributed by atoms with van der Waals surface area (Å²) in [4.78, 5) is 39.5. The fourth-order valence-electron chi connectivity index (χ4n) is 5.69. The second-order valence-corrected chi connectivity index (χ2v) is 9.58. The lowest BCUT2D eigenvalue weighted by Crippen LogP contribution is -2.29. The third kappa shape index (κ3) is 2.75. The van der Waals surface area contributed by atoms with Crippen molar-refractivity contribution in [1.29, 1.82) is 0 Å². The van der Waals surface area contributed by atoms with Crippen LogP contribution in [-0.4, -0.2) is 34.6 Å². The number of H-pyrrole nitrogens is 2. The number of carbonyl (C=O) groups is 2. The van der Waals surface area contributed by atoms with Crippen molar-refractivity contribution in [2.24, 2.45) is 0 Å². The number of amides is 2. The first kappa shape index (κ1) is 21.0. The highest BCUT2D eigenvalue weighted by molar-refractivity contribution is 6.35. The lowest BCUT2D eigenvalue weighted by Gasteiger charge is -2.15. The van der Waals surface area contributed by atoms with Crippen molar-refractivity contribution in [1.82, 2.24) is 15.0 Å². The van der Waals surface area contributed by atoms with E-state index >= 15 is 0 Å². The van der Waals surface area contributed by atoms with Gasteiger partial charge in [-0.05, 0) is 41.1 Å². The lowest BCUT2D eigenvalue weighted by atomic mass is 9.94. The maximum absolute atomic E-state index is 13.2. The molecule has 0 aliphatic carbocycles. The van der Waals surface area contributed by atoms with Crippen LogP contribution in [-0.2, 0) is 0 Å². The topological polar surface area (TPSA) is 81.8 Å². The van der Waals surface area contributed by atoms with Crippen molar-refractivity contribution in [3.63, 3.8) is 0 Å². The van der Waals surface area contributed by atoms with E-state index in [1.165, 1.54) is 4.90 Å². The summed E-state index contributed by atoms with van der Waals surface area (Å²) < 4.78 is 0. The van der Waals surface area contributed by atoms with E-state index in [0.29, 0.717) is 28.1 Å². The van der Waals surface area contributed by atoms with Crippen LogP contribution in [0.1, 0.15) is 20.7 Å². The minimum Gasteiger partial charge on any atom is -0.360 e. The Hall–Kier alpha value is -5.17. The Bertz CT molecular complexity index is 2120. The van der Waals surface area contributed by atoms with E-state index in [4.69, 9.17) is 12.8 Å². The zero-order valence-corrected chi connectivity index (χ0v) is 19.9. The van der Waals surface area contributed by atoms with Gasteiger partial charge in [0.05, 0.1) is 27.8 Å². The second kappa shape index (κ2) is 7.43. The van der Waals surface area contributed by atoms with Gasteiger partial charge >= 0.3 is 0 Å². The van der Waals surface area contributed by atoms with Crippen LogP contribution in [0.15, 0.2) is 91.1 Å². The van der Waals surface area contributed by atoms with Crippen LogP contribution in [0, 0.1) is 0 Å². The molecule has 2 radical (unpaired) electrons. The van der Waals surface area contributed by atoms with E-state index in [1.54, 1.807) is 24.3 Å². The molecule has 6 nitrogen and oxygen atoms in total. The highest BCUT2D eigenvalue weighted by atomic mass is 16.2. The maximum atomic E-state index is 13.2. The average Bonchev–Trinajstić information content (AvgIpc) is 3.63. The minimum absolute atomic E-state index is 0.316. The van der Waals surface area contributed by atoms with Gasteiger partial charge in [-0.3, -0.25) is 9.59 Å². The number of hydrogen-bond donors (Lipinski definition) is 2. The fourth-order valence-corrected chi connectivity index (χ4v) is 5.69. The molecule has 0 fully saturated rings. The first-order chi connectivity index (χ1) is 18.6. The molecule has 2 aromatic heterocycles. The number of imide groups is 1. The third-order valence-corrected chi connectivity index (χ3v) is 7.46. The number of anilines is 1. The molecule has 0 bridgehead atoms. The number of benzene rings is 5. The number of fused-ring (bicyclic) bond motifs is 8. The van der Waals surface area contributed by atoms with Crippen LogP contribution >= 0.6 is 0 Å². The first-order valence-corrected chi connectivity index (χ1v) is 12.3. The van der Waals surface area contributed by atoms with Crippen LogP contribution in [0.4, 0.5) is 5.69 Å². The van der Waals surface area contributed by atoms with Crippen LogP contribution in [0.2, 0.25) is 0 Å². The number of nitrogens with one attached hydrogen (secondary N) is 2. The largest absolute Gasteiger partial charge is 0.360 e. The summed E-state index contributed by atoms with van der Waals surface area (Å²) in [5.41, 5.74) is 5.58. The predicted octanol–water partition coefficient (Wildman–Crippen LogP) is 5.61. The van der Waals surface area contributed by atoms with E-state index in [9.17, 15) is 9.59 Å². The molecule has 176 valence electrons. The summed E-state index contributed by atoms with van der Waals surface area (Å²) >= 11 is 0. The van der Waals surface area contributed by atoms with Gasteiger partial charge in [-0.25, -0.2) is 9.88 Å². The van der Waals surface area contributed by atoms with Gasteiger partial charge in [0.25, 0.3) is 11.8 Å². The van der Waals surface area contributed by atoms with Crippen molar-refractivity contribution in [3.8, 4) is 11.4 Å². The number of aromatic amines is 2. The molecule has 2 N–H and O–H groups in total. The molecule has 0 saturated heterocycles. The average molecular weight is 488 g/mol. The molecule has 7 aromatic rings. The smallest absolute Gasteiger partial charge is 0.266 e. The molecular weight excluding hydrogens is 471 g/mol. The summed E-state index contributed by atoms with van der Waals surface area (Å²) in [6.07, 6.45) is 1.93. The molecule has 7 heteroatoms. The maximum Gasteiger partial charge on any atom is 0.266 e. The first-order valence-electron chi connectivity index (χ1n) is 12.3. The van der Waals surface area contributed by atoms with Crippen molar-refractivity contribution in [3.05, 3.63) is 102 Å². The monoisotopic (exact) mass is 488 g/mol. The van der Waals surface area contributed by atoms with Crippen LogP contribution in [0.3, 0.4) is 0 Å². The zero-order chi connectivity index (χ0) is 25.5. The molecule has 5 aromatic carbocycles. The van der Waals surface area contributed by atoms with E-state index in [2.05, 4.69) is 22.1 Å². The molecule has 8 rings (SSSR count). The summed E-state index contributed by atoms with van der Waals surface area (Å²) in [6, 6.07) is 26.5. The molecule has 0 atom stereocenters. The van der Waals surface area contributed by atoms with Crippen molar-refractivity contribution < 1.29 is 9.59 Å². The zero-order valence-electron chi connectivity index (χ0n) is 19.9. The molecule has 2 amide bonds. The van der Waals surface area contributed by atoms with Gasteiger partial charge in [0.2, 0.25) is 0 Å². The second-order valence-electron chi connectivity index (χ2n) is 9.58. The van der Waals surface area contributed by atoms with Gasteiger partial charge in [0.15, 0.2) is 0 Å². The Kier molecular flexibility index (Phi) is 4.10. The fraction of sp³-hybridized carbons (Fsp3) is 0. The Morgan fingerprint density at radius 3 is 2.18 bits per heavy atom. The highest BCUT2D eigenvalue weighted by Crippen LogP contribution is 2.39. The van der Waals surface area contributed by atoms with E-state index in [0.717, 1.165) is 49.0 Å². The Morgan fingerprint density at radius 2 is 1.39 bits per heavy atom. The minimum atomic E-state index is -0.316. The number of nitrogens with zero attached hydrogens (tertiary/aromatic N) is 2. The van der Waals surface area contributed by atoms with Crippen molar-refractivity contribution in [2.45, 2.75) is 0 Å². The van der Waals surface area contributed by atoms with E-state index in [1.807, 2.05) is 54.7 Å². The van der Waals surface area contributed by atoms with Gasteiger partial charge in [0.1, 0.15) is 13.7 Å². The van der Waals surface area contributed by atoms with E-state index < -0.39 is 0 Å². The standard InChI is InChI=1S/C31H17BN4O2/c32-16-9-12-26-23(13-16)25(15-33-26)29-34-27-20-6-2-1-5-18(20)19-11-10-17(14-24(19)28(27)35-29)36-30(37)21-7-3-4-8-22(21)31(36)38/h1-15,33H,(H,34,35). The number of imidazole rings is 1. The van der Waals surface area contributed by atoms with Crippen molar-refractivity contribution >= 4 is 74.3 Å². The van der Waals surface area contributed by atoms with Gasteiger partial charge in [-0.2, -0.15) is 0 Å². The molecule has 1 aliphatic heterocycles. The van der Waals surface area contributed by atoms with Gasteiger partial charge < -0.3 is 9.97 Å². The van der Waals surface area contributed by atoms with Crippen LogP contribution in [0.5, 0.6) is 0 Å². The number of aromatic nitrogens is 3. The Morgan fingerprint density at radius 1 is 0.684 bits per heavy atom. The summed E-state index contributed by atoms with van der Waals surface area (Å²) in [7, 11) is 6.08. The summed E-state index contributed by atoms with van der Waals surface area (Å²) in [5.74, 6) is 0.0768. The molecule has 3 heterocycles. The predicted molar refractivity (Wildman–Crippen MR) is 151 cm³/mol. The molecular formula is C31H17BN4O2. The molecule has 0 unspecified atom stereocenters. The normalized spacial score (nSPS) is 13.4. The van der Waals surface area contributed by atoms with Gasteiger partial charge in [-0.15, -0.1) is 0 Å². The van der Waals surface area contributed by atoms with Crippen LogP contribution < -0.4 is 10.4 Å². The number of hydrogen-bond acceptors (Lipinski definition) is 3. The molecule has 0 spiro atoms. The molecule has 1 aliphatic rings. The Labute approximate surface area is 217 Å². The number of rotatable bonds is 2. The summed E-state index contributed by atoms with van der Waals surface area (Å²) in [5, 5.41) is 4.93. The van der Waals surface area contributed by atoms with E-state index in [-0.39, 0.29) is 11.8 Å². The molecule has 0 saturated carbocycles. The Balaban J connectivity index is 1.40. The lowest BCUT2D eigenvalue weighted by molar-refractivity contribution is 0.0926. The van der Waals surface area contributed by atoms with Crippen LogP contribution in [0.25, 0.3) is 54.9 Å². The van der Waals surface area contributed by atoms with Gasteiger partial charge in [0, 0.05) is 33.4 Å². The quantitative estimate of drug-likeness (QED) is 0.189.